The Morgan fingerprint density at radius 3 is 2.65 bits per heavy atom. The van der Waals surface area contributed by atoms with Gasteiger partial charge in [0.25, 0.3) is 5.91 Å². The molecule has 0 saturated carbocycles. The lowest BCUT2D eigenvalue weighted by molar-refractivity contribution is 0.0954. The first-order valence-electron chi connectivity index (χ1n) is 5.90. The normalized spacial score (nSPS) is 10.3. The summed E-state index contributed by atoms with van der Waals surface area (Å²) in [7, 11) is 0. The van der Waals surface area contributed by atoms with Crippen LogP contribution in [-0.2, 0) is 6.42 Å². The summed E-state index contributed by atoms with van der Waals surface area (Å²) in [6, 6.07) is 8.43. The van der Waals surface area contributed by atoms with Crippen LogP contribution in [0.25, 0.3) is 0 Å². The molecule has 0 aliphatic rings. The largest absolute Gasteiger partial charge is 0.352 e. The molecule has 0 spiro atoms. The van der Waals surface area contributed by atoms with Crippen molar-refractivity contribution in [3.63, 3.8) is 0 Å². The van der Waals surface area contributed by atoms with Crippen LogP contribution in [0.4, 0.5) is 0 Å². The van der Waals surface area contributed by atoms with Crippen molar-refractivity contribution in [3.8, 4) is 0 Å². The van der Waals surface area contributed by atoms with Gasteiger partial charge in [0.15, 0.2) is 0 Å². The molecule has 1 amide bonds. The molecule has 0 atom stereocenters. The molecule has 2 aromatic rings. The number of halogens is 3. The van der Waals surface area contributed by atoms with Crippen LogP contribution in [0.1, 0.15) is 15.9 Å². The number of pyridine rings is 1. The Bertz CT molecular complexity index is 632. The molecule has 6 heteroatoms. The number of rotatable bonds is 4. The molecule has 1 aromatic heterocycles. The fourth-order valence-electron chi connectivity index (χ4n) is 1.68. The smallest absolute Gasteiger partial charge is 0.251 e. The van der Waals surface area contributed by atoms with Crippen molar-refractivity contribution >= 4 is 40.7 Å². The molecular formula is C14H11Cl3N2O. The number of nitrogens with zero attached hydrogens (tertiary/aromatic N) is 1. The fourth-order valence-corrected chi connectivity index (χ4v) is 2.36. The SMILES string of the molecule is O=C(NCCc1ccc(Cl)cc1Cl)c1ccnc(Cl)c1. The van der Waals surface area contributed by atoms with Crippen molar-refractivity contribution in [2.24, 2.45) is 0 Å². The maximum atomic E-state index is 11.9. The predicted octanol–water partition coefficient (Wildman–Crippen LogP) is 4.01. The summed E-state index contributed by atoms with van der Waals surface area (Å²) in [5.41, 5.74) is 1.41. The maximum absolute atomic E-state index is 11.9. The van der Waals surface area contributed by atoms with E-state index in [4.69, 9.17) is 34.8 Å². The first kappa shape index (κ1) is 15.1. The van der Waals surface area contributed by atoms with Crippen LogP contribution in [-0.4, -0.2) is 17.4 Å². The lowest BCUT2D eigenvalue weighted by Crippen LogP contribution is -2.25. The molecule has 2 rings (SSSR count). The van der Waals surface area contributed by atoms with Crippen LogP contribution >= 0.6 is 34.8 Å². The highest BCUT2D eigenvalue weighted by Crippen LogP contribution is 2.21. The fraction of sp³-hybridized carbons (Fsp3) is 0.143. The summed E-state index contributed by atoms with van der Waals surface area (Å²) in [4.78, 5) is 15.7. The summed E-state index contributed by atoms with van der Waals surface area (Å²) >= 11 is 17.6. The molecule has 0 unspecified atom stereocenters. The van der Waals surface area contributed by atoms with Gasteiger partial charge in [-0.2, -0.15) is 0 Å². The van der Waals surface area contributed by atoms with Gasteiger partial charge < -0.3 is 5.32 Å². The summed E-state index contributed by atoms with van der Waals surface area (Å²) < 4.78 is 0. The average Bonchev–Trinajstić information content (AvgIpc) is 2.41. The second-order valence-corrected chi connectivity index (χ2v) is 5.34. The minimum Gasteiger partial charge on any atom is -0.352 e. The zero-order chi connectivity index (χ0) is 14.5. The zero-order valence-electron chi connectivity index (χ0n) is 10.4. The Hall–Kier alpha value is -1.29. The molecule has 104 valence electrons. The van der Waals surface area contributed by atoms with Crippen LogP contribution in [0.5, 0.6) is 0 Å². The van der Waals surface area contributed by atoms with E-state index in [1.54, 1.807) is 18.2 Å². The van der Waals surface area contributed by atoms with Gasteiger partial charge in [0, 0.05) is 28.4 Å². The predicted molar refractivity (Wildman–Crippen MR) is 81.7 cm³/mol. The molecule has 1 N–H and O–H groups in total. The van der Waals surface area contributed by atoms with E-state index in [9.17, 15) is 4.79 Å². The van der Waals surface area contributed by atoms with Crippen molar-refractivity contribution in [1.29, 1.82) is 0 Å². The van der Waals surface area contributed by atoms with E-state index in [0.29, 0.717) is 33.7 Å². The highest BCUT2D eigenvalue weighted by molar-refractivity contribution is 6.35. The number of hydrogen-bond donors (Lipinski definition) is 1. The molecule has 0 aliphatic carbocycles. The Balaban J connectivity index is 1.91. The molecule has 20 heavy (non-hydrogen) atoms. The minimum atomic E-state index is -0.195. The van der Waals surface area contributed by atoms with E-state index in [2.05, 4.69) is 10.3 Å². The third-order valence-corrected chi connectivity index (χ3v) is 3.48. The molecule has 0 radical (unpaired) electrons. The number of aromatic nitrogens is 1. The number of benzene rings is 1. The van der Waals surface area contributed by atoms with Gasteiger partial charge in [-0.25, -0.2) is 4.98 Å². The van der Waals surface area contributed by atoms with Crippen molar-refractivity contribution in [1.82, 2.24) is 10.3 Å². The second kappa shape index (κ2) is 6.93. The Morgan fingerprint density at radius 2 is 1.95 bits per heavy atom. The first-order chi connectivity index (χ1) is 9.56. The molecule has 0 fully saturated rings. The topological polar surface area (TPSA) is 42.0 Å². The average molecular weight is 330 g/mol. The third kappa shape index (κ3) is 4.10. The third-order valence-electron chi connectivity index (χ3n) is 2.68. The van der Waals surface area contributed by atoms with Gasteiger partial charge in [0.2, 0.25) is 0 Å². The highest BCUT2D eigenvalue weighted by Gasteiger charge is 2.07. The van der Waals surface area contributed by atoms with E-state index in [1.807, 2.05) is 6.07 Å². The number of carbonyl (C=O) groups excluding carboxylic acids is 1. The Morgan fingerprint density at radius 1 is 1.15 bits per heavy atom. The summed E-state index contributed by atoms with van der Waals surface area (Å²) in [6.07, 6.45) is 2.12. The summed E-state index contributed by atoms with van der Waals surface area (Å²) in [5.74, 6) is -0.195. The summed E-state index contributed by atoms with van der Waals surface area (Å²) in [6.45, 7) is 0.472. The van der Waals surface area contributed by atoms with Gasteiger partial charge in [0.1, 0.15) is 5.15 Å². The Labute approximate surface area is 131 Å². The number of amides is 1. The minimum absolute atomic E-state index is 0.195. The summed E-state index contributed by atoms with van der Waals surface area (Å²) in [5, 5.41) is 4.28. The van der Waals surface area contributed by atoms with Crippen molar-refractivity contribution in [2.75, 3.05) is 6.54 Å². The van der Waals surface area contributed by atoms with E-state index in [0.717, 1.165) is 5.56 Å². The van der Waals surface area contributed by atoms with E-state index in [-0.39, 0.29) is 5.91 Å². The standard InChI is InChI=1S/C14H11Cl3N2O/c15-11-2-1-9(12(16)8-11)3-6-19-14(20)10-4-5-18-13(17)7-10/h1-2,4-5,7-8H,3,6H2,(H,19,20). The molecule has 1 aromatic carbocycles. The van der Waals surface area contributed by atoms with Gasteiger partial charge >= 0.3 is 0 Å². The maximum Gasteiger partial charge on any atom is 0.251 e. The molecule has 1 heterocycles. The number of nitrogens with one attached hydrogen (secondary N) is 1. The molecule has 3 nitrogen and oxygen atoms in total. The van der Waals surface area contributed by atoms with Crippen LogP contribution in [0, 0.1) is 0 Å². The van der Waals surface area contributed by atoms with Crippen LogP contribution < -0.4 is 5.32 Å². The van der Waals surface area contributed by atoms with Gasteiger partial charge in [-0.15, -0.1) is 0 Å². The molecule has 0 bridgehead atoms. The van der Waals surface area contributed by atoms with Crippen LogP contribution in [0.2, 0.25) is 15.2 Å². The van der Waals surface area contributed by atoms with Gasteiger partial charge in [-0.3, -0.25) is 4.79 Å². The quantitative estimate of drug-likeness (QED) is 0.861. The van der Waals surface area contributed by atoms with Crippen LogP contribution in [0.15, 0.2) is 36.5 Å². The number of hydrogen-bond acceptors (Lipinski definition) is 2. The van der Waals surface area contributed by atoms with Crippen molar-refractivity contribution in [3.05, 3.63) is 62.9 Å². The zero-order valence-corrected chi connectivity index (χ0v) is 12.6. The van der Waals surface area contributed by atoms with E-state index >= 15 is 0 Å². The van der Waals surface area contributed by atoms with Crippen molar-refractivity contribution < 1.29 is 4.79 Å². The second-order valence-electron chi connectivity index (χ2n) is 4.11. The molecular weight excluding hydrogens is 319 g/mol. The monoisotopic (exact) mass is 328 g/mol. The van der Waals surface area contributed by atoms with Gasteiger partial charge in [0.05, 0.1) is 0 Å². The van der Waals surface area contributed by atoms with Gasteiger partial charge in [-0.05, 0) is 36.2 Å². The number of carbonyl (C=O) groups is 1. The first-order valence-corrected chi connectivity index (χ1v) is 7.03. The highest BCUT2D eigenvalue weighted by atomic mass is 35.5. The Kier molecular flexibility index (Phi) is 5.24. The van der Waals surface area contributed by atoms with Gasteiger partial charge in [-0.1, -0.05) is 40.9 Å². The van der Waals surface area contributed by atoms with Crippen LogP contribution in [0.3, 0.4) is 0 Å². The van der Waals surface area contributed by atoms with Crippen molar-refractivity contribution in [2.45, 2.75) is 6.42 Å². The lowest BCUT2D eigenvalue weighted by atomic mass is 10.1. The van der Waals surface area contributed by atoms with E-state index in [1.165, 1.54) is 12.3 Å². The lowest BCUT2D eigenvalue weighted by Gasteiger charge is -2.07. The molecule has 0 aliphatic heterocycles. The van der Waals surface area contributed by atoms with E-state index < -0.39 is 0 Å². The molecule has 0 saturated heterocycles.